The van der Waals surface area contributed by atoms with Crippen molar-refractivity contribution in [2.24, 2.45) is 0 Å². The van der Waals surface area contributed by atoms with Crippen LogP contribution in [0.4, 0.5) is 5.69 Å². The first kappa shape index (κ1) is 14.4. The maximum absolute atomic E-state index is 11.9. The first-order valence-corrected chi connectivity index (χ1v) is 8.10. The Morgan fingerprint density at radius 3 is 2.79 bits per heavy atom. The summed E-state index contributed by atoms with van der Waals surface area (Å²) in [7, 11) is -1.92. The van der Waals surface area contributed by atoms with Crippen molar-refractivity contribution < 1.29 is 13.2 Å². The Morgan fingerprint density at radius 2 is 2.16 bits per heavy atom. The number of hydrogen-bond acceptors (Lipinski definition) is 4. The van der Waals surface area contributed by atoms with Crippen molar-refractivity contribution in [1.82, 2.24) is 5.32 Å². The van der Waals surface area contributed by atoms with Crippen LogP contribution in [0.2, 0.25) is 5.02 Å². The second-order valence-corrected chi connectivity index (χ2v) is 6.77. The van der Waals surface area contributed by atoms with Crippen molar-refractivity contribution in [3.8, 4) is 5.75 Å². The zero-order valence-corrected chi connectivity index (χ0v) is 12.2. The maximum Gasteiger partial charge on any atom is 0.234 e. The quantitative estimate of drug-likeness (QED) is 0.806. The third-order valence-electron chi connectivity index (χ3n) is 2.81. The highest BCUT2D eigenvalue weighted by molar-refractivity contribution is 7.92. The van der Waals surface area contributed by atoms with Gasteiger partial charge in [0.05, 0.1) is 18.6 Å². The molecule has 0 spiro atoms. The molecule has 2 rings (SSSR count). The van der Waals surface area contributed by atoms with E-state index >= 15 is 0 Å². The van der Waals surface area contributed by atoms with Crippen LogP contribution in [0.3, 0.4) is 0 Å². The van der Waals surface area contributed by atoms with Crippen LogP contribution in [0, 0.1) is 0 Å². The average molecular weight is 305 g/mol. The molecule has 0 unspecified atom stereocenters. The van der Waals surface area contributed by atoms with Crippen molar-refractivity contribution in [2.75, 3.05) is 24.1 Å². The van der Waals surface area contributed by atoms with Gasteiger partial charge in [0.2, 0.25) is 10.0 Å². The van der Waals surface area contributed by atoms with Gasteiger partial charge in [-0.25, -0.2) is 8.42 Å². The van der Waals surface area contributed by atoms with Gasteiger partial charge in [-0.1, -0.05) is 11.6 Å². The number of ether oxygens (including phenoxy) is 1. The molecule has 1 aliphatic carbocycles. The number of rotatable bonds is 7. The first-order valence-electron chi connectivity index (χ1n) is 6.07. The Bertz CT molecular complexity index is 544. The lowest BCUT2D eigenvalue weighted by atomic mass is 10.3. The fourth-order valence-corrected chi connectivity index (χ4v) is 2.82. The molecule has 7 heteroatoms. The second kappa shape index (κ2) is 5.98. The minimum Gasteiger partial charge on any atom is -0.495 e. The van der Waals surface area contributed by atoms with Crippen molar-refractivity contribution in [3.05, 3.63) is 23.2 Å². The average Bonchev–Trinajstić information content (AvgIpc) is 3.12. The number of benzene rings is 1. The Hall–Kier alpha value is -0.980. The van der Waals surface area contributed by atoms with Crippen LogP contribution in [0.15, 0.2) is 18.2 Å². The van der Waals surface area contributed by atoms with Gasteiger partial charge in [-0.15, -0.1) is 0 Å². The Balaban J connectivity index is 1.99. The lowest BCUT2D eigenvalue weighted by Crippen LogP contribution is -2.28. The fourth-order valence-electron chi connectivity index (χ4n) is 1.66. The van der Waals surface area contributed by atoms with Gasteiger partial charge in [-0.05, 0) is 31.0 Å². The summed E-state index contributed by atoms with van der Waals surface area (Å²) in [5.41, 5.74) is 0.362. The summed E-state index contributed by atoms with van der Waals surface area (Å²) < 4.78 is 31.5. The molecule has 1 saturated carbocycles. The third-order valence-corrected chi connectivity index (χ3v) is 4.32. The van der Waals surface area contributed by atoms with E-state index < -0.39 is 10.0 Å². The van der Waals surface area contributed by atoms with Gasteiger partial charge in [0.25, 0.3) is 0 Å². The van der Waals surface area contributed by atoms with Crippen molar-refractivity contribution in [1.29, 1.82) is 0 Å². The highest BCUT2D eigenvalue weighted by Crippen LogP contribution is 2.28. The Labute approximate surface area is 118 Å². The third kappa shape index (κ3) is 4.56. The molecular formula is C12H17ClN2O3S. The number of halogens is 1. The molecule has 0 radical (unpaired) electrons. The molecule has 0 atom stereocenters. The maximum atomic E-state index is 11.9. The zero-order chi connectivity index (χ0) is 13.9. The van der Waals surface area contributed by atoms with E-state index in [1.54, 1.807) is 12.1 Å². The molecule has 0 aliphatic heterocycles. The van der Waals surface area contributed by atoms with E-state index in [0.717, 1.165) is 12.8 Å². The molecular weight excluding hydrogens is 288 g/mol. The van der Waals surface area contributed by atoms with E-state index in [-0.39, 0.29) is 5.75 Å². The summed E-state index contributed by atoms with van der Waals surface area (Å²) in [6.07, 6.45) is 2.27. The van der Waals surface area contributed by atoms with Gasteiger partial charge in [0.15, 0.2) is 0 Å². The molecule has 1 aliphatic rings. The van der Waals surface area contributed by atoms with Crippen molar-refractivity contribution >= 4 is 27.3 Å². The largest absolute Gasteiger partial charge is 0.495 e. The van der Waals surface area contributed by atoms with Crippen LogP contribution < -0.4 is 14.8 Å². The summed E-state index contributed by atoms with van der Waals surface area (Å²) in [6, 6.07) is 5.30. The standard InChI is InChI=1S/C12H17ClN2O3S/c1-18-12-5-2-9(13)8-11(12)15-19(16,17)7-6-14-10-3-4-10/h2,5,8,10,14-15H,3-4,6-7H2,1H3. The van der Waals surface area contributed by atoms with Crippen molar-refractivity contribution in [3.63, 3.8) is 0 Å². The van der Waals surface area contributed by atoms with Crippen LogP contribution in [0.1, 0.15) is 12.8 Å². The number of anilines is 1. The molecule has 1 aromatic carbocycles. The lowest BCUT2D eigenvalue weighted by Gasteiger charge is -2.12. The molecule has 2 N–H and O–H groups in total. The zero-order valence-electron chi connectivity index (χ0n) is 10.6. The lowest BCUT2D eigenvalue weighted by molar-refractivity contribution is 0.417. The van der Waals surface area contributed by atoms with Gasteiger partial charge in [0, 0.05) is 17.6 Å². The van der Waals surface area contributed by atoms with E-state index in [1.807, 2.05) is 0 Å². The highest BCUT2D eigenvalue weighted by atomic mass is 35.5. The van der Waals surface area contributed by atoms with E-state index in [4.69, 9.17) is 16.3 Å². The predicted octanol–water partition coefficient (Wildman–Crippen LogP) is 1.84. The number of nitrogens with one attached hydrogen (secondary N) is 2. The van der Waals surface area contributed by atoms with Gasteiger partial charge in [-0.2, -0.15) is 0 Å². The molecule has 1 aromatic rings. The molecule has 0 bridgehead atoms. The number of sulfonamides is 1. The molecule has 0 aromatic heterocycles. The molecule has 106 valence electrons. The second-order valence-electron chi connectivity index (χ2n) is 4.49. The number of methoxy groups -OCH3 is 1. The molecule has 0 saturated heterocycles. The Morgan fingerprint density at radius 1 is 1.42 bits per heavy atom. The Kier molecular flexibility index (Phi) is 4.54. The smallest absolute Gasteiger partial charge is 0.234 e. The van der Waals surface area contributed by atoms with Crippen LogP contribution in [0.5, 0.6) is 5.75 Å². The topological polar surface area (TPSA) is 67.4 Å². The molecule has 0 heterocycles. The van der Waals surface area contributed by atoms with E-state index in [2.05, 4.69) is 10.0 Å². The minimum atomic E-state index is -3.40. The monoisotopic (exact) mass is 304 g/mol. The highest BCUT2D eigenvalue weighted by Gasteiger charge is 2.21. The summed E-state index contributed by atoms with van der Waals surface area (Å²) in [4.78, 5) is 0. The SMILES string of the molecule is COc1ccc(Cl)cc1NS(=O)(=O)CCNC1CC1. The van der Waals surface area contributed by atoms with Gasteiger partial charge >= 0.3 is 0 Å². The van der Waals surface area contributed by atoms with Gasteiger partial charge in [-0.3, -0.25) is 4.72 Å². The molecule has 0 amide bonds. The summed E-state index contributed by atoms with van der Waals surface area (Å²) in [5, 5.41) is 3.62. The van der Waals surface area contributed by atoms with E-state index in [0.29, 0.717) is 29.0 Å². The number of hydrogen-bond donors (Lipinski definition) is 2. The summed E-state index contributed by atoms with van der Waals surface area (Å²) in [6.45, 7) is 0.447. The van der Waals surface area contributed by atoms with Crippen LogP contribution in [0.25, 0.3) is 0 Å². The predicted molar refractivity (Wildman–Crippen MR) is 76.4 cm³/mol. The van der Waals surface area contributed by atoms with E-state index in [1.165, 1.54) is 13.2 Å². The normalized spacial score (nSPS) is 15.3. The fraction of sp³-hybridized carbons (Fsp3) is 0.500. The molecule has 5 nitrogen and oxygen atoms in total. The first-order chi connectivity index (χ1) is 9.00. The summed E-state index contributed by atoms with van der Waals surface area (Å²) >= 11 is 5.85. The van der Waals surface area contributed by atoms with Crippen LogP contribution in [-0.4, -0.2) is 33.9 Å². The van der Waals surface area contributed by atoms with Gasteiger partial charge < -0.3 is 10.1 Å². The van der Waals surface area contributed by atoms with Crippen LogP contribution >= 0.6 is 11.6 Å². The van der Waals surface area contributed by atoms with Gasteiger partial charge in [0.1, 0.15) is 5.75 Å². The molecule has 1 fully saturated rings. The minimum absolute atomic E-state index is 0.0270. The van der Waals surface area contributed by atoms with Crippen molar-refractivity contribution in [2.45, 2.75) is 18.9 Å². The molecule has 19 heavy (non-hydrogen) atoms. The summed E-state index contributed by atoms with van der Waals surface area (Å²) in [5.74, 6) is 0.474. The van der Waals surface area contributed by atoms with Crippen LogP contribution in [-0.2, 0) is 10.0 Å². The van der Waals surface area contributed by atoms with E-state index in [9.17, 15) is 8.42 Å².